The van der Waals surface area contributed by atoms with E-state index >= 15 is 0 Å². The first kappa shape index (κ1) is 21.2. The minimum absolute atomic E-state index is 0.0771. The van der Waals surface area contributed by atoms with Gasteiger partial charge in [0.25, 0.3) is 5.91 Å². The third-order valence-electron chi connectivity index (χ3n) is 3.10. The fourth-order valence-corrected chi connectivity index (χ4v) is 1.93. The average Bonchev–Trinajstić information content (AvgIpc) is 2.60. The molecule has 3 N–H and O–H groups in total. The highest BCUT2D eigenvalue weighted by Crippen LogP contribution is 2.22. The zero-order valence-electron chi connectivity index (χ0n) is 14.4. The Labute approximate surface area is 155 Å². The van der Waals surface area contributed by atoms with Gasteiger partial charge in [-0.05, 0) is 31.5 Å². The standard InChI is InChI=1S/C17H20ClN3O5/c1-3-26-17(25)10-9-16(24)21-20-15(23)8-7-14(22)19-13-6-4-5-12(18)11(13)2/h4-6,9-10H,3,7-8H2,1-2H3,(H,19,22)(H,20,23)(H,21,24)/b10-9-. The van der Waals surface area contributed by atoms with Crippen molar-refractivity contribution in [3.8, 4) is 0 Å². The predicted octanol–water partition coefficient (Wildman–Crippen LogP) is 1.63. The van der Waals surface area contributed by atoms with Crippen molar-refractivity contribution in [1.29, 1.82) is 0 Å². The molecule has 0 saturated heterocycles. The highest BCUT2D eigenvalue weighted by Gasteiger charge is 2.10. The van der Waals surface area contributed by atoms with Gasteiger partial charge in [0.05, 0.1) is 6.61 Å². The number of carbonyl (C=O) groups excluding carboxylic acids is 4. The van der Waals surface area contributed by atoms with Gasteiger partial charge in [-0.2, -0.15) is 0 Å². The number of hydrogen-bond acceptors (Lipinski definition) is 5. The monoisotopic (exact) mass is 381 g/mol. The van der Waals surface area contributed by atoms with Gasteiger partial charge >= 0.3 is 5.97 Å². The maximum absolute atomic E-state index is 11.9. The number of esters is 1. The average molecular weight is 382 g/mol. The molecule has 3 amide bonds. The van der Waals surface area contributed by atoms with E-state index in [-0.39, 0.29) is 25.4 Å². The van der Waals surface area contributed by atoms with Crippen molar-refractivity contribution in [2.24, 2.45) is 0 Å². The number of halogens is 1. The van der Waals surface area contributed by atoms with Gasteiger partial charge in [0.1, 0.15) is 0 Å². The molecule has 1 aromatic rings. The Morgan fingerprint density at radius 2 is 1.77 bits per heavy atom. The lowest BCUT2D eigenvalue weighted by molar-refractivity contribution is -0.137. The van der Waals surface area contributed by atoms with Crippen molar-refractivity contribution in [2.75, 3.05) is 11.9 Å². The van der Waals surface area contributed by atoms with E-state index in [2.05, 4.69) is 20.9 Å². The molecule has 0 fully saturated rings. The minimum atomic E-state index is -0.703. The molecule has 26 heavy (non-hydrogen) atoms. The predicted molar refractivity (Wildman–Crippen MR) is 96.1 cm³/mol. The molecule has 0 aliphatic heterocycles. The third kappa shape index (κ3) is 7.80. The lowest BCUT2D eigenvalue weighted by Gasteiger charge is -2.09. The number of ether oxygens (including phenoxy) is 1. The summed E-state index contributed by atoms with van der Waals surface area (Å²) in [5.41, 5.74) is 5.52. The molecule has 0 heterocycles. The van der Waals surface area contributed by atoms with Crippen LogP contribution in [0, 0.1) is 6.92 Å². The van der Waals surface area contributed by atoms with Crippen LogP contribution in [-0.4, -0.2) is 30.3 Å². The number of benzene rings is 1. The third-order valence-corrected chi connectivity index (χ3v) is 3.51. The SMILES string of the molecule is CCOC(=O)/C=C\C(=O)NNC(=O)CCC(=O)Nc1cccc(Cl)c1C. The van der Waals surface area contributed by atoms with Crippen LogP contribution < -0.4 is 16.2 Å². The van der Waals surface area contributed by atoms with E-state index in [9.17, 15) is 19.2 Å². The summed E-state index contributed by atoms with van der Waals surface area (Å²) in [4.78, 5) is 45.9. The molecule has 1 aromatic carbocycles. The van der Waals surface area contributed by atoms with E-state index in [4.69, 9.17) is 11.6 Å². The topological polar surface area (TPSA) is 114 Å². The number of carbonyl (C=O) groups is 4. The molecule has 9 heteroatoms. The van der Waals surface area contributed by atoms with Crippen molar-refractivity contribution in [3.63, 3.8) is 0 Å². The molecular weight excluding hydrogens is 362 g/mol. The van der Waals surface area contributed by atoms with Crippen molar-refractivity contribution < 1.29 is 23.9 Å². The van der Waals surface area contributed by atoms with Crippen LogP contribution in [0.1, 0.15) is 25.3 Å². The molecule has 0 atom stereocenters. The van der Waals surface area contributed by atoms with Crippen LogP contribution >= 0.6 is 11.6 Å². The highest BCUT2D eigenvalue weighted by atomic mass is 35.5. The summed E-state index contributed by atoms with van der Waals surface area (Å²) in [6.07, 6.45) is 1.65. The zero-order valence-corrected chi connectivity index (χ0v) is 15.2. The molecule has 0 unspecified atom stereocenters. The lowest BCUT2D eigenvalue weighted by Crippen LogP contribution is -2.41. The molecule has 0 aromatic heterocycles. The number of rotatable bonds is 7. The summed E-state index contributed by atoms with van der Waals surface area (Å²) in [6.45, 7) is 3.60. The second-order valence-corrected chi connectivity index (χ2v) is 5.49. The second kappa shape index (κ2) is 10.9. The molecule has 0 radical (unpaired) electrons. The fourth-order valence-electron chi connectivity index (χ4n) is 1.75. The van der Waals surface area contributed by atoms with Gasteiger partial charge in [-0.25, -0.2) is 4.79 Å². The van der Waals surface area contributed by atoms with Crippen LogP contribution in [0.4, 0.5) is 5.69 Å². The molecule has 0 aliphatic rings. The van der Waals surface area contributed by atoms with Gasteiger partial charge in [-0.15, -0.1) is 0 Å². The molecule has 140 valence electrons. The Bertz CT molecular complexity index is 718. The summed E-state index contributed by atoms with van der Waals surface area (Å²) in [5, 5.41) is 3.19. The summed E-state index contributed by atoms with van der Waals surface area (Å²) in [5.74, 6) is -2.28. The van der Waals surface area contributed by atoms with Crippen LogP contribution in [0.15, 0.2) is 30.4 Å². The summed E-state index contributed by atoms with van der Waals surface area (Å²) in [7, 11) is 0. The van der Waals surface area contributed by atoms with Crippen molar-refractivity contribution >= 4 is 41.0 Å². The number of hydrogen-bond donors (Lipinski definition) is 3. The van der Waals surface area contributed by atoms with Gasteiger partial charge in [0.2, 0.25) is 11.8 Å². The number of nitrogens with one attached hydrogen (secondary N) is 3. The van der Waals surface area contributed by atoms with Crippen molar-refractivity contribution in [1.82, 2.24) is 10.9 Å². The van der Waals surface area contributed by atoms with E-state index in [1.54, 1.807) is 32.0 Å². The van der Waals surface area contributed by atoms with Crippen molar-refractivity contribution in [2.45, 2.75) is 26.7 Å². The maximum Gasteiger partial charge on any atom is 0.330 e. The number of hydrazine groups is 1. The molecule has 0 spiro atoms. The van der Waals surface area contributed by atoms with Crippen LogP contribution in [0.2, 0.25) is 5.02 Å². The van der Waals surface area contributed by atoms with Crippen LogP contribution in [-0.2, 0) is 23.9 Å². The fraction of sp³-hybridized carbons (Fsp3) is 0.294. The van der Waals surface area contributed by atoms with Gasteiger partial charge < -0.3 is 10.1 Å². The van der Waals surface area contributed by atoms with Crippen LogP contribution in [0.3, 0.4) is 0 Å². The van der Waals surface area contributed by atoms with Gasteiger partial charge in [-0.3, -0.25) is 25.2 Å². The first-order valence-corrected chi connectivity index (χ1v) is 8.20. The van der Waals surface area contributed by atoms with Gasteiger partial charge in [0, 0.05) is 35.7 Å². The molecule has 0 bridgehead atoms. The number of amides is 3. The highest BCUT2D eigenvalue weighted by molar-refractivity contribution is 6.31. The second-order valence-electron chi connectivity index (χ2n) is 5.08. The molecular formula is C17H20ClN3O5. The van der Waals surface area contributed by atoms with E-state index in [0.717, 1.165) is 17.7 Å². The molecule has 1 rings (SSSR count). The smallest absolute Gasteiger partial charge is 0.330 e. The molecule has 0 aliphatic carbocycles. The largest absolute Gasteiger partial charge is 0.463 e. The van der Waals surface area contributed by atoms with E-state index in [1.807, 2.05) is 0 Å². The molecule has 8 nitrogen and oxygen atoms in total. The first-order valence-electron chi connectivity index (χ1n) is 7.82. The van der Waals surface area contributed by atoms with E-state index in [0.29, 0.717) is 10.7 Å². The molecule has 0 saturated carbocycles. The van der Waals surface area contributed by atoms with Crippen LogP contribution in [0.5, 0.6) is 0 Å². The quantitative estimate of drug-likeness (QED) is 0.377. The number of anilines is 1. The Balaban J connectivity index is 2.33. The van der Waals surface area contributed by atoms with Crippen molar-refractivity contribution in [3.05, 3.63) is 40.9 Å². The maximum atomic E-state index is 11.9. The Hall–Kier alpha value is -2.87. The summed E-state index contributed by atoms with van der Waals surface area (Å²) < 4.78 is 4.60. The summed E-state index contributed by atoms with van der Waals surface area (Å²) >= 11 is 5.97. The van der Waals surface area contributed by atoms with E-state index < -0.39 is 17.8 Å². The van der Waals surface area contributed by atoms with Gasteiger partial charge in [-0.1, -0.05) is 17.7 Å². The van der Waals surface area contributed by atoms with Crippen LogP contribution in [0.25, 0.3) is 0 Å². The minimum Gasteiger partial charge on any atom is -0.463 e. The Kier molecular flexibility index (Phi) is 8.86. The Morgan fingerprint density at radius 3 is 2.46 bits per heavy atom. The Morgan fingerprint density at radius 1 is 1.08 bits per heavy atom. The summed E-state index contributed by atoms with van der Waals surface area (Å²) in [6, 6.07) is 5.12. The lowest BCUT2D eigenvalue weighted by atomic mass is 10.2. The zero-order chi connectivity index (χ0) is 19.5. The normalized spacial score (nSPS) is 10.3. The van der Waals surface area contributed by atoms with Gasteiger partial charge in [0.15, 0.2) is 0 Å². The van der Waals surface area contributed by atoms with E-state index in [1.165, 1.54) is 0 Å². The first-order chi connectivity index (χ1) is 12.3.